The van der Waals surface area contributed by atoms with E-state index in [1.807, 2.05) is 13.8 Å². The predicted molar refractivity (Wildman–Crippen MR) is 98.6 cm³/mol. The van der Waals surface area contributed by atoms with Crippen LogP contribution in [0.2, 0.25) is 0 Å². The SMILES string of the molecule is CCOc1ccc(S(=O)(=O)N2CCCC(C(=O)NC(C)COC)C2)cc1. The number of hydrogen-bond donors (Lipinski definition) is 1. The molecule has 0 spiro atoms. The van der Waals surface area contributed by atoms with E-state index in [1.54, 1.807) is 31.4 Å². The molecule has 2 rings (SSSR count). The lowest BCUT2D eigenvalue weighted by Gasteiger charge is -2.31. The number of amides is 1. The minimum absolute atomic E-state index is 0.106. The summed E-state index contributed by atoms with van der Waals surface area (Å²) in [7, 11) is -2.05. The molecule has 2 atom stereocenters. The van der Waals surface area contributed by atoms with E-state index in [-0.39, 0.29) is 29.3 Å². The van der Waals surface area contributed by atoms with Crippen molar-refractivity contribution in [2.45, 2.75) is 37.6 Å². The Morgan fingerprint density at radius 2 is 2.04 bits per heavy atom. The van der Waals surface area contributed by atoms with Crippen molar-refractivity contribution in [1.82, 2.24) is 9.62 Å². The largest absolute Gasteiger partial charge is 0.494 e. The first-order chi connectivity index (χ1) is 12.4. The number of carbonyl (C=O) groups is 1. The lowest BCUT2D eigenvalue weighted by Crippen LogP contribution is -2.47. The minimum atomic E-state index is -3.63. The van der Waals surface area contributed by atoms with Gasteiger partial charge in [0.1, 0.15) is 5.75 Å². The summed E-state index contributed by atoms with van der Waals surface area (Å²) in [5.41, 5.74) is 0. The number of methoxy groups -OCH3 is 1. The number of rotatable bonds is 8. The molecule has 1 aliphatic rings. The smallest absolute Gasteiger partial charge is 0.243 e. The number of carbonyl (C=O) groups excluding carboxylic acids is 1. The Morgan fingerprint density at radius 1 is 1.35 bits per heavy atom. The molecule has 7 nitrogen and oxygen atoms in total. The van der Waals surface area contributed by atoms with Crippen LogP contribution in [-0.4, -0.2) is 58.1 Å². The zero-order valence-corrected chi connectivity index (χ0v) is 16.4. The highest BCUT2D eigenvalue weighted by Crippen LogP contribution is 2.25. The third-order valence-electron chi connectivity index (χ3n) is 4.33. The molecular formula is C18H28N2O5S. The van der Waals surface area contributed by atoms with Crippen LogP contribution < -0.4 is 10.1 Å². The molecule has 146 valence electrons. The van der Waals surface area contributed by atoms with Crippen LogP contribution in [0.3, 0.4) is 0 Å². The van der Waals surface area contributed by atoms with E-state index in [9.17, 15) is 13.2 Å². The van der Waals surface area contributed by atoms with Gasteiger partial charge in [-0.3, -0.25) is 4.79 Å². The van der Waals surface area contributed by atoms with E-state index in [0.29, 0.717) is 38.3 Å². The van der Waals surface area contributed by atoms with Gasteiger partial charge in [-0.15, -0.1) is 0 Å². The highest BCUT2D eigenvalue weighted by atomic mass is 32.2. The van der Waals surface area contributed by atoms with E-state index in [1.165, 1.54) is 4.31 Å². The maximum Gasteiger partial charge on any atom is 0.243 e. The number of hydrogen-bond acceptors (Lipinski definition) is 5. The molecule has 1 aromatic rings. The zero-order valence-electron chi connectivity index (χ0n) is 15.6. The Morgan fingerprint density at radius 3 is 2.65 bits per heavy atom. The molecule has 1 aromatic carbocycles. The van der Waals surface area contributed by atoms with Crippen molar-refractivity contribution in [3.63, 3.8) is 0 Å². The second-order valence-corrected chi connectivity index (χ2v) is 8.41. The van der Waals surface area contributed by atoms with Crippen LogP contribution in [0.1, 0.15) is 26.7 Å². The molecule has 2 unspecified atom stereocenters. The van der Waals surface area contributed by atoms with E-state index in [0.717, 1.165) is 0 Å². The lowest BCUT2D eigenvalue weighted by atomic mass is 9.98. The number of piperidine rings is 1. The van der Waals surface area contributed by atoms with Crippen molar-refractivity contribution < 1.29 is 22.7 Å². The second-order valence-electron chi connectivity index (χ2n) is 6.47. The Balaban J connectivity index is 2.06. The number of ether oxygens (including phenoxy) is 2. The molecule has 26 heavy (non-hydrogen) atoms. The lowest BCUT2D eigenvalue weighted by molar-refractivity contribution is -0.127. The van der Waals surface area contributed by atoms with Crippen molar-refractivity contribution in [2.24, 2.45) is 5.92 Å². The Bertz CT molecular complexity index is 690. The molecule has 0 bridgehead atoms. The van der Waals surface area contributed by atoms with Crippen LogP contribution in [0.15, 0.2) is 29.2 Å². The van der Waals surface area contributed by atoms with E-state index >= 15 is 0 Å². The summed E-state index contributed by atoms with van der Waals surface area (Å²) in [6.07, 6.45) is 1.34. The van der Waals surface area contributed by atoms with Crippen LogP contribution in [0.25, 0.3) is 0 Å². The van der Waals surface area contributed by atoms with E-state index in [4.69, 9.17) is 9.47 Å². The molecule has 0 saturated carbocycles. The standard InChI is InChI=1S/C18H28N2O5S/c1-4-25-16-7-9-17(10-8-16)26(22,23)20-11-5-6-15(12-20)18(21)19-14(2)13-24-3/h7-10,14-15H,4-6,11-13H2,1-3H3,(H,19,21). The van der Waals surface area contributed by atoms with Crippen LogP contribution in [-0.2, 0) is 19.6 Å². The van der Waals surface area contributed by atoms with Gasteiger partial charge >= 0.3 is 0 Å². The first-order valence-corrected chi connectivity index (χ1v) is 10.3. The highest BCUT2D eigenvalue weighted by molar-refractivity contribution is 7.89. The third-order valence-corrected chi connectivity index (χ3v) is 6.21. The summed E-state index contributed by atoms with van der Waals surface area (Å²) in [4.78, 5) is 12.6. The summed E-state index contributed by atoms with van der Waals surface area (Å²) < 4.78 is 37.5. The van der Waals surface area contributed by atoms with Crippen LogP contribution in [0.4, 0.5) is 0 Å². The Kier molecular flexibility index (Phi) is 7.43. The third kappa shape index (κ3) is 5.18. The van der Waals surface area contributed by atoms with Crippen LogP contribution in [0.5, 0.6) is 5.75 Å². The van der Waals surface area contributed by atoms with Crippen molar-refractivity contribution in [3.8, 4) is 5.75 Å². The van der Waals surface area contributed by atoms with Crippen molar-refractivity contribution in [3.05, 3.63) is 24.3 Å². The zero-order chi connectivity index (χ0) is 19.2. The van der Waals surface area contributed by atoms with Crippen molar-refractivity contribution in [1.29, 1.82) is 0 Å². The molecule has 0 radical (unpaired) electrons. The first kappa shape index (κ1) is 20.7. The van der Waals surface area contributed by atoms with E-state index < -0.39 is 10.0 Å². The topological polar surface area (TPSA) is 84.9 Å². The average molecular weight is 384 g/mol. The highest BCUT2D eigenvalue weighted by Gasteiger charge is 2.33. The maximum absolute atomic E-state index is 12.9. The normalized spacial score (nSPS) is 19.7. The van der Waals surface area contributed by atoms with Gasteiger partial charge in [0.05, 0.1) is 24.0 Å². The van der Waals surface area contributed by atoms with Gasteiger partial charge in [0, 0.05) is 26.2 Å². The molecule has 0 aliphatic carbocycles. The minimum Gasteiger partial charge on any atom is -0.494 e. The Labute approximate surface area is 155 Å². The van der Waals surface area contributed by atoms with E-state index in [2.05, 4.69) is 5.32 Å². The van der Waals surface area contributed by atoms with Gasteiger partial charge in [-0.25, -0.2) is 8.42 Å². The fourth-order valence-corrected chi connectivity index (χ4v) is 4.57. The van der Waals surface area contributed by atoms with Gasteiger partial charge in [0.25, 0.3) is 0 Å². The molecule has 1 amide bonds. The first-order valence-electron chi connectivity index (χ1n) is 8.90. The number of nitrogens with zero attached hydrogens (tertiary/aromatic N) is 1. The number of sulfonamides is 1. The predicted octanol–water partition coefficient (Wildman–Crippen LogP) is 1.64. The molecule has 1 N–H and O–H groups in total. The quantitative estimate of drug-likeness (QED) is 0.736. The van der Waals surface area contributed by atoms with Gasteiger partial charge in [0.15, 0.2) is 0 Å². The summed E-state index contributed by atoms with van der Waals surface area (Å²) >= 11 is 0. The Hall–Kier alpha value is -1.64. The molecule has 1 saturated heterocycles. The number of nitrogens with one attached hydrogen (secondary N) is 1. The van der Waals surface area contributed by atoms with Crippen LogP contribution in [0, 0.1) is 5.92 Å². The summed E-state index contributed by atoms with van der Waals surface area (Å²) in [6, 6.07) is 6.29. The summed E-state index contributed by atoms with van der Waals surface area (Å²) in [5.74, 6) is 0.163. The molecule has 1 fully saturated rings. The fourth-order valence-electron chi connectivity index (χ4n) is 3.05. The maximum atomic E-state index is 12.9. The molecule has 8 heteroatoms. The monoisotopic (exact) mass is 384 g/mol. The molecular weight excluding hydrogens is 356 g/mol. The summed E-state index contributed by atoms with van der Waals surface area (Å²) in [6.45, 7) is 5.30. The summed E-state index contributed by atoms with van der Waals surface area (Å²) in [5, 5.41) is 2.88. The van der Waals surface area contributed by atoms with Crippen molar-refractivity contribution >= 4 is 15.9 Å². The molecule has 1 aliphatic heterocycles. The van der Waals surface area contributed by atoms with Gasteiger partial charge in [-0.05, 0) is 51.0 Å². The fraction of sp³-hybridized carbons (Fsp3) is 0.611. The van der Waals surface area contributed by atoms with Crippen LogP contribution >= 0.6 is 0 Å². The van der Waals surface area contributed by atoms with Gasteiger partial charge in [-0.2, -0.15) is 4.31 Å². The van der Waals surface area contributed by atoms with Gasteiger partial charge in [-0.1, -0.05) is 0 Å². The molecule has 1 heterocycles. The van der Waals surface area contributed by atoms with Gasteiger partial charge in [0.2, 0.25) is 15.9 Å². The second kappa shape index (κ2) is 9.34. The van der Waals surface area contributed by atoms with Crippen molar-refractivity contribution in [2.75, 3.05) is 33.4 Å². The number of benzene rings is 1. The van der Waals surface area contributed by atoms with Gasteiger partial charge < -0.3 is 14.8 Å². The molecule has 0 aromatic heterocycles. The average Bonchev–Trinajstić information content (AvgIpc) is 2.63.